The zero-order valence-corrected chi connectivity index (χ0v) is 9.32. The molecule has 0 fully saturated rings. The fourth-order valence-corrected chi connectivity index (χ4v) is 1.24. The van der Waals surface area contributed by atoms with E-state index in [-0.39, 0.29) is 11.4 Å². The Hall–Kier alpha value is -2.76. The second-order valence-corrected chi connectivity index (χ2v) is 3.38. The molecule has 0 bridgehead atoms. The third kappa shape index (κ3) is 3.11. The highest BCUT2D eigenvalue weighted by Crippen LogP contribution is 2.08. The molecule has 0 saturated carbocycles. The number of hydrogen-bond donors (Lipinski definition) is 2. The van der Waals surface area contributed by atoms with E-state index in [0.29, 0.717) is 5.56 Å². The van der Waals surface area contributed by atoms with Crippen molar-refractivity contribution in [1.29, 1.82) is 0 Å². The molecule has 90 valence electrons. The van der Waals surface area contributed by atoms with Crippen LogP contribution in [0.3, 0.4) is 0 Å². The van der Waals surface area contributed by atoms with Gasteiger partial charge in [0.2, 0.25) is 0 Å². The van der Waals surface area contributed by atoms with Gasteiger partial charge in [-0.3, -0.25) is 9.78 Å². The van der Waals surface area contributed by atoms with Crippen LogP contribution in [0.1, 0.15) is 16.1 Å². The number of hydrogen-bond acceptors (Lipinski definition) is 5. The summed E-state index contributed by atoms with van der Waals surface area (Å²) >= 11 is 0. The molecule has 0 saturated heterocycles. The average molecular weight is 242 g/mol. The van der Waals surface area contributed by atoms with Crippen LogP contribution in [0.5, 0.6) is 5.75 Å². The maximum atomic E-state index is 11.5. The lowest BCUT2D eigenvalue weighted by atomic mass is 10.2. The number of amides is 1. The van der Waals surface area contributed by atoms with E-state index in [9.17, 15) is 9.90 Å². The first-order valence-corrected chi connectivity index (χ1v) is 5.14. The van der Waals surface area contributed by atoms with Crippen molar-refractivity contribution in [2.45, 2.75) is 0 Å². The number of nitrogens with one attached hydrogen (secondary N) is 1. The van der Waals surface area contributed by atoms with Gasteiger partial charge in [-0.05, 0) is 17.7 Å². The Labute approximate surface area is 103 Å². The molecule has 0 atom stereocenters. The summed E-state index contributed by atoms with van der Waals surface area (Å²) in [5, 5.41) is 13.0. The summed E-state index contributed by atoms with van der Waals surface area (Å²) in [5.74, 6) is -0.307. The zero-order valence-electron chi connectivity index (χ0n) is 9.32. The van der Waals surface area contributed by atoms with Crippen molar-refractivity contribution in [2.24, 2.45) is 5.10 Å². The minimum atomic E-state index is -0.445. The minimum absolute atomic E-state index is 0.138. The monoisotopic (exact) mass is 242 g/mol. The van der Waals surface area contributed by atoms with E-state index in [4.69, 9.17) is 0 Å². The fourth-order valence-electron chi connectivity index (χ4n) is 1.24. The summed E-state index contributed by atoms with van der Waals surface area (Å²) in [6.07, 6.45) is 5.67. The lowest BCUT2D eigenvalue weighted by Crippen LogP contribution is -2.19. The molecule has 6 nitrogen and oxygen atoms in total. The van der Waals surface area contributed by atoms with Gasteiger partial charge in [0.05, 0.1) is 12.4 Å². The highest BCUT2D eigenvalue weighted by molar-refractivity contribution is 5.92. The summed E-state index contributed by atoms with van der Waals surface area (Å²) in [7, 11) is 0. The van der Waals surface area contributed by atoms with Crippen molar-refractivity contribution < 1.29 is 9.90 Å². The number of nitrogens with zero attached hydrogens (tertiary/aromatic N) is 3. The Morgan fingerprint density at radius 2 is 2.28 bits per heavy atom. The van der Waals surface area contributed by atoms with Crippen LogP contribution in [0, 0.1) is 0 Å². The molecule has 1 aromatic heterocycles. The van der Waals surface area contributed by atoms with Crippen molar-refractivity contribution in [3.05, 3.63) is 54.1 Å². The number of phenolic OH excluding ortho intramolecular Hbond substituents is 1. The van der Waals surface area contributed by atoms with Gasteiger partial charge in [-0.2, -0.15) is 5.10 Å². The second kappa shape index (κ2) is 5.53. The first kappa shape index (κ1) is 11.7. The molecule has 2 aromatic rings. The molecule has 0 spiro atoms. The minimum Gasteiger partial charge on any atom is -0.508 e. The van der Waals surface area contributed by atoms with Crippen LogP contribution in [0.4, 0.5) is 0 Å². The SMILES string of the molecule is O=C(N/N=C/c1cccc(O)c1)c1cnccn1. The molecule has 0 aliphatic rings. The van der Waals surface area contributed by atoms with Gasteiger partial charge in [-0.1, -0.05) is 12.1 Å². The first-order chi connectivity index (χ1) is 8.75. The maximum absolute atomic E-state index is 11.5. The van der Waals surface area contributed by atoms with Crippen LogP contribution in [0.15, 0.2) is 48.0 Å². The van der Waals surface area contributed by atoms with Gasteiger partial charge in [-0.15, -0.1) is 0 Å². The Bertz CT molecular complexity index is 569. The summed E-state index contributed by atoms with van der Waals surface area (Å²) in [6.45, 7) is 0. The van der Waals surface area contributed by atoms with Gasteiger partial charge >= 0.3 is 0 Å². The number of benzene rings is 1. The Balaban J connectivity index is 1.98. The Morgan fingerprint density at radius 1 is 1.39 bits per heavy atom. The average Bonchev–Trinajstić information content (AvgIpc) is 2.40. The lowest BCUT2D eigenvalue weighted by molar-refractivity contribution is 0.0949. The predicted molar refractivity (Wildman–Crippen MR) is 65.2 cm³/mol. The van der Waals surface area contributed by atoms with E-state index >= 15 is 0 Å². The molecule has 1 amide bonds. The van der Waals surface area contributed by atoms with E-state index in [2.05, 4.69) is 20.5 Å². The lowest BCUT2D eigenvalue weighted by Gasteiger charge is -1.97. The highest BCUT2D eigenvalue weighted by atomic mass is 16.3. The number of carbonyl (C=O) groups is 1. The number of phenols is 1. The second-order valence-electron chi connectivity index (χ2n) is 3.38. The van der Waals surface area contributed by atoms with Gasteiger partial charge in [0, 0.05) is 12.4 Å². The molecule has 1 aromatic carbocycles. The normalized spacial score (nSPS) is 10.4. The van der Waals surface area contributed by atoms with Gasteiger partial charge in [0.1, 0.15) is 11.4 Å². The van der Waals surface area contributed by atoms with Crippen LogP contribution in [-0.4, -0.2) is 27.2 Å². The van der Waals surface area contributed by atoms with Crippen LogP contribution in [-0.2, 0) is 0 Å². The van der Waals surface area contributed by atoms with Crippen molar-refractivity contribution in [1.82, 2.24) is 15.4 Å². The van der Waals surface area contributed by atoms with Gasteiger partial charge in [-0.25, -0.2) is 10.4 Å². The number of hydrazone groups is 1. The van der Waals surface area contributed by atoms with E-state index in [1.807, 2.05) is 0 Å². The molecule has 0 aliphatic heterocycles. The molecule has 2 rings (SSSR count). The van der Waals surface area contributed by atoms with Gasteiger partial charge in [0.25, 0.3) is 5.91 Å². The van der Waals surface area contributed by atoms with Crippen molar-refractivity contribution >= 4 is 12.1 Å². The standard InChI is InChI=1S/C12H10N4O2/c17-10-3-1-2-9(6-10)7-15-16-12(18)11-8-13-4-5-14-11/h1-8,17H,(H,16,18)/b15-7+. The summed E-state index contributed by atoms with van der Waals surface area (Å²) < 4.78 is 0. The quantitative estimate of drug-likeness (QED) is 0.619. The van der Waals surface area contributed by atoms with E-state index in [0.717, 1.165) is 0 Å². The van der Waals surface area contributed by atoms with E-state index in [1.165, 1.54) is 30.9 Å². The van der Waals surface area contributed by atoms with Crippen molar-refractivity contribution in [2.75, 3.05) is 0 Å². The molecule has 6 heteroatoms. The summed E-state index contributed by atoms with van der Waals surface area (Å²) in [5.41, 5.74) is 3.17. The molecule has 18 heavy (non-hydrogen) atoms. The number of aromatic nitrogens is 2. The fraction of sp³-hybridized carbons (Fsp3) is 0. The molecule has 2 N–H and O–H groups in total. The topological polar surface area (TPSA) is 87.5 Å². The third-order valence-corrected chi connectivity index (χ3v) is 2.05. The number of aromatic hydroxyl groups is 1. The zero-order chi connectivity index (χ0) is 12.8. The van der Waals surface area contributed by atoms with Crippen molar-refractivity contribution in [3.8, 4) is 5.75 Å². The largest absolute Gasteiger partial charge is 0.508 e. The van der Waals surface area contributed by atoms with Gasteiger partial charge < -0.3 is 5.11 Å². The summed E-state index contributed by atoms with van der Waals surface area (Å²) in [6, 6.07) is 6.51. The smallest absolute Gasteiger partial charge is 0.291 e. The molecule has 1 heterocycles. The molecular formula is C12H10N4O2. The van der Waals surface area contributed by atoms with E-state index in [1.54, 1.807) is 18.2 Å². The van der Waals surface area contributed by atoms with Crippen LogP contribution < -0.4 is 5.43 Å². The molecular weight excluding hydrogens is 232 g/mol. The molecule has 0 unspecified atom stereocenters. The highest BCUT2D eigenvalue weighted by Gasteiger charge is 2.04. The predicted octanol–water partition coefficient (Wildman–Crippen LogP) is 0.946. The van der Waals surface area contributed by atoms with Gasteiger partial charge in [0.15, 0.2) is 0 Å². The summed E-state index contributed by atoms with van der Waals surface area (Å²) in [4.78, 5) is 19.1. The van der Waals surface area contributed by atoms with Crippen molar-refractivity contribution in [3.63, 3.8) is 0 Å². The van der Waals surface area contributed by atoms with Crippen LogP contribution >= 0.6 is 0 Å². The third-order valence-electron chi connectivity index (χ3n) is 2.05. The van der Waals surface area contributed by atoms with Crippen LogP contribution in [0.2, 0.25) is 0 Å². The van der Waals surface area contributed by atoms with E-state index < -0.39 is 5.91 Å². The Kier molecular flexibility index (Phi) is 3.60. The number of carbonyl (C=O) groups excluding carboxylic acids is 1. The molecule has 0 radical (unpaired) electrons. The molecule has 0 aliphatic carbocycles. The Morgan fingerprint density at radius 3 is 3.00 bits per heavy atom. The van der Waals surface area contributed by atoms with Crippen LogP contribution in [0.25, 0.3) is 0 Å². The number of rotatable bonds is 3. The maximum Gasteiger partial charge on any atom is 0.291 e. The first-order valence-electron chi connectivity index (χ1n) is 5.14.